The zero-order valence-corrected chi connectivity index (χ0v) is 28.8. The number of fused-ring (bicyclic) bond motifs is 1. The Morgan fingerprint density at radius 1 is 0.918 bits per heavy atom. The topological polar surface area (TPSA) is 181 Å². The Morgan fingerprint density at radius 2 is 1.51 bits per heavy atom. The maximum atomic E-state index is 12.9. The van der Waals surface area contributed by atoms with Crippen molar-refractivity contribution in [2.75, 3.05) is 26.4 Å². The zero-order chi connectivity index (χ0) is 35.8. The van der Waals surface area contributed by atoms with Crippen molar-refractivity contribution < 1.29 is 38.5 Å². The second-order valence-corrected chi connectivity index (χ2v) is 12.2. The lowest BCUT2D eigenvalue weighted by atomic mass is 10.1. The number of benzene rings is 2. The van der Waals surface area contributed by atoms with Gasteiger partial charge in [0.05, 0.1) is 37.0 Å². The quantitative estimate of drug-likeness (QED) is 0.126. The van der Waals surface area contributed by atoms with Crippen LogP contribution in [-0.2, 0) is 59.9 Å². The van der Waals surface area contributed by atoms with Gasteiger partial charge >= 0.3 is 5.69 Å². The number of carbonyl (C=O) groups is 4. The van der Waals surface area contributed by atoms with Crippen molar-refractivity contribution in [3.05, 3.63) is 69.6 Å². The van der Waals surface area contributed by atoms with Gasteiger partial charge in [0.2, 0.25) is 17.7 Å². The number of amides is 3. The molecule has 1 fully saturated rings. The highest BCUT2D eigenvalue weighted by atomic mass is 16.5. The standard InChI is InChI=1S/C34H46N4O7.C2H4O2/c1-24(6-3-9-31(35)39)45-23-27-12-10-25(11-13-27)7-4-18-43-20-21-44-19-5-8-26-14-15-28-30(22-26)37(2)34(42)38(28)29-16-17-32(40)36-33(29)41;1-2(3)4/h10-15,22,24,29H,3-9,16-21,23H2,1-2H3,(H2,35,39)(H,36,40,41);1H3,(H,3,4). The molecule has 1 aliphatic rings. The summed E-state index contributed by atoms with van der Waals surface area (Å²) < 4.78 is 20.4. The molecule has 2 aromatic carbocycles. The number of nitrogens with zero attached hydrogens (tertiary/aromatic N) is 2. The number of carboxylic acid groups (broad SMARTS) is 1. The SMILES string of the molecule is CC(=O)O.CC(CCCC(N)=O)OCc1ccc(CCCOCCOCCCc2ccc3c(c2)n(C)c(=O)n3C2CCC(=O)NC2=O)cc1. The summed E-state index contributed by atoms with van der Waals surface area (Å²) >= 11 is 0. The van der Waals surface area contributed by atoms with E-state index >= 15 is 0 Å². The van der Waals surface area contributed by atoms with Gasteiger partial charge in [0, 0.05) is 40.0 Å². The van der Waals surface area contributed by atoms with E-state index in [9.17, 15) is 19.2 Å². The van der Waals surface area contributed by atoms with E-state index in [0.29, 0.717) is 51.4 Å². The van der Waals surface area contributed by atoms with Crippen molar-refractivity contribution in [2.24, 2.45) is 12.8 Å². The average Bonchev–Trinajstić information content (AvgIpc) is 3.29. The number of nitrogens with two attached hydrogens (primary N) is 1. The zero-order valence-electron chi connectivity index (χ0n) is 28.8. The number of primary amides is 1. The molecule has 4 N–H and O–H groups in total. The number of piperidine rings is 1. The van der Waals surface area contributed by atoms with Crippen LogP contribution in [0.3, 0.4) is 0 Å². The van der Waals surface area contributed by atoms with Crippen molar-refractivity contribution in [2.45, 2.75) is 90.4 Å². The number of rotatable bonds is 19. The summed E-state index contributed by atoms with van der Waals surface area (Å²) in [6.07, 6.45) is 6.11. The van der Waals surface area contributed by atoms with Gasteiger partial charge in [-0.25, -0.2) is 4.79 Å². The van der Waals surface area contributed by atoms with E-state index in [1.54, 1.807) is 11.6 Å². The van der Waals surface area contributed by atoms with E-state index in [-0.39, 0.29) is 30.0 Å². The predicted molar refractivity (Wildman–Crippen MR) is 184 cm³/mol. The normalized spacial score (nSPS) is 15.0. The van der Waals surface area contributed by atoms with Gasteiger partial charge in [-0.05, 0) is 80.7 Å². The van der Waals surface area contributed by atoms with Crippen molar-refractivity contribution in [3.63, 3.8) is 0 Å². The molecule has 0 bridgehead atoms. The third-order valence-electron chi connectivity index (χ3n) is 8.15. The fourth-order valence-corrected chi connectivity index (χ4v) is 5.56. The van der Waals surface area contributed by atoms with Crippen molar-refractivity contribution >= 4 is 34.7 Å². The lowest BCUT2D eigenvalue weighted by molar-refractivity contribution is -0.136. The number of aromatic nitrogens is 2. The van der Waals surface area contributed by atoms with Crippen LogP contribution in [-0.4, -0.2) is 70.5 Å². The van der Waals surface area contributed by atoms with Crippen molar-refractivity contribution in [3.8, 4) is 0 Å². The third-order valence-corrected chi connectivity index (χ3v) is 8.15. The van der Waals surface area contributed by atoms with Crippen LogP contribution in [0.5, 0.6) is 0 Å². The van der Waals surface area contributed by atoms with Gasteiger partial charge < -0.3 is 25.1 Å². The first-order valence-electron chi connectivity index (χ1n) is 16.8. The monoisotopic (exact) mass is 682 g/mol. The molecule has 13 nitrogen and oxygen atoms in total. The molecular weight excluding hydrogens is 632 g/mol. The van der Waals surface area contributed by atoms with Gasteiger partial charge in [0.1, 0.15) is 6.04 Å². The molecule has 0 saturated carbocycles. The molecular formula is C36H50N4O9. The van der Waals surface area contributed by atoms with Crippen LogP contribution in [0.15, 0.2) is 47.3 Å². The van der Waals surface area contributed by atoms with Crippen LogP contribution in [0, 0.1) is 0 Å². The fraction of sp³-hybridized carbons (Fsp3) is 0.528. The molecule has 2 unspecified atom stereocenters. The summed E-state index contributed by atoms with van der Waals surface area (Å²) in [5.41, 5.74) is 9.85. The van der Waals surface area contributed by atoms with Crippen molar-refractivity contribution in [1.29, 1.82) is 0 Å². The first kappa shape index (κ1) is 39.1. The van der Waals surface area contributed by atoms with Gasteiger partial charge in [-0.3, -0.25) is 33.6 Å². The van der Waals surface area contributed by atoms with Crippen LogP contribution in [0.2, 0.25) is 0 Å². The molecule has 268 valence electrons. The number of imide groups is 1. The number of carbonyl (C=O) groups excluding carboxylic acids is 3. The largest absolute Gasteiger partial charge is 0.481 e. The summed E-state index contributed by atoms with van der Waals surface area (Å²) in [5, 5.41) is 9.75. The lowest BCUT2D eigenvalue weighted by Gasteiger charge is -2.21. The average molecular weight is 683 g/mol. The van der Waals surface area contributed by atoms with E-state index in [2.05, 4.69) is 29.6 Å². The van der Waals surface area contributed by atoms with Gasteiger partial charge in [-0.1, -0.05) is 30.3 Å². The maximum Gasteiger partial charge on any atom is 0.329 e. The Balaban J connectivity index is 0.00000154. The minimum atomic E-state index is -0.833. The Bertz CT molecular complexity index is 1590. The highest BCUT2D eigenvalue weighted by molar-refractivity contribution is 6.00. The van der Waals surface area contributed by atoms with Crippen LogP contribution in [0.25, 0.3) is 11.0 Å². The Hall–Kier alpha value is -4.33. The lowest BCUT2D eigenvalue weighted by Crippen LogP contribution is -2.44. The Kier molecular flexibility index (Phi) is 16.2. The van der Waals surface area contributed by atoms with Crippen LogP contribution < -0.4 is 16.7 Å². The molecule has 1 saturated heterocycles. The van der Waals surface area contributed by atoms with E-state index < -0.39 is 17.9 Å². The molecule has 0 spiro atoms. The van der Waals surface area contributed by atoms with Gasteiger partial charge in [-0.15, -0.1) is 0 Å². The Morgan fingerprint density at radius 3 is 2.12 bits per heavy atom. The molecule has 0 aliphatic carbocycles. The predicted octanol–water partition coefficient (Wildman–Crippen LogP) is 3.57. The Labute approximate surface area is 286 Å². The number of imidazole rings is 1. The van der Waals surface area contributed by atoms with Crippen LogP contribution in [0.4, 0.5) is 0 Å². The van der Waals surface area contributed by atoms with Crippen LogP contribution in [0.1, 0.15) is 81.5 Å². The minimum Gasteiger partial charge on any atom is -0.481 e. The summed E-state index contributed by atoms with van der Waals surface area (Å²) in [6.45, 7) is 6.03. The van der Waals surface area contributed by atoms with E-state index in [4.69, 9.17) is 29.8 Å². The molecule has 3 amide bonds. The van der Waals surface area contributed by atoms with E-state index in [0.717, 1.165) is 62.1 Å². The summed E-state index contributed by atoms with van der Waals surface area (Å²) in [7, 11) is 1.70. The van der Waals surface area contributed by atoms with Gasteiger partial charge in [0.25, 0.3) is 5.97 Å². The number of aryl methyl sites for hydroxylation is 3. The van der Waals surface area contributed by atoms with Gasteiger partial charge in [0.15, 0.2) is 0 Å². The number of hydrogen-bond donors (Lipinski definition) is 3. The second-order valence-electron chi connectivity index (χ2n) is 12.2. The summed E-state index contributed by atoms with van der Waals surface area (Å²) in [6, 6.07) is 13.6. The minimum absolute atomic E-state index is 0.0897. The first-order valence-corrected chi connectivity index (χ1v) is 16.8. The number of ether oxygens (including phenoxy) is 3. The molecule has 2 heterocycles. The molecule has 0 radical (unpaired) electrons. The third kappa shape index (κ3) is 13.2. The number of hydrogen-bond acceptors (Lipinski definition) is 8. The molecule has 49 heavy (non-hydrogen) atoms. The molecule has 1 aliphatic heterocycles. The second kappa shape index (κ2) is 20.2. The first-order chi connectivity index (χ1) is 23.5. The summed E-state index contributed by atoms with van der Waals surface area (Å²) in [4.78, 5) is 56.7. The molecule has 3 aromatic rings. The number of carboxylic acids is 1. The molecule has 2 atom stereocenters. The molecule has 4 rings (SSSR count). The van der Waals surface area contributed by atoms with Gasteiger partial charge in [-0.2, -0.15) is 0 Å². The number of nitrogens with one attached hydrogen (secondary N) is 1. The van der Waals surface area contributed by atoms with E-state index in [1.165, 1.54) is 10.1 Å². The fourth-order valence-electron chi connectivity index (χ4n) is 5.56. The highest BCUT2D eigenvalue weighted by Gasteiger charge is 2.31. The number of aliphatic carboxylic acids is 1. The van der Waals surface area contributed by atoms with Crippen molar-refractivity contribution in [1.82, 2.24) is 14.5 Å². The smallest absolute Gasteiger partial charge is 0.329 e. The maximum absolute atomic E-state index is 12.9. The highest BCUT2D eigenvalue weighted by Crippen LogP contribution is 2.24. The van der Waals surface area contributed by atoms with E-state index in [1.807, 2.05) is 25.1 Å². The molecule has 13 heteroatoms. The summed E-state index contributed by atoms with van der Waals surface area (Å²) in [5.74, 6) is -1.83. The molecule has 1 aromatic heterocycles. The van der Waals surface area contributed by atoms with Crippen LogP contribution >= 0.6 is 0 Å².